The van der Waals surface area contributed by atoms with Crippen molar-refractivity contribution in [2.45, 2.75) is 24.3 Å². The number of nitrogens with zero attached hydrogens (tertiary/aromatic N) is 1. The van der Waals surface area contributed by atoms with Gasteiger partial charge in [0, 0.05) is 17.0 Å². The van der Waals surface area contributed by atoms with Crippen LogP contribution in [0.15, 0.2) is 88.8 Å². The molecule has 0 unspecified atom stereocenters. The number of nitrogens with one attached hydrogen (secondary N) is 1. The van der Waals surface area contributed by atoms with Gasteiger partial charge >= 0.3 is 0 Å². The van der Waals surface area contributed by atoms with Crippen molar-refractivity contribution in [3.8, 4) is 0 Å². The van der Waals surface area contributed by atoms with Gasteiger partial charge in [-0.2, -0.15) is 0 Å². The van der Waals surface area contributed by atoms with E-state index in [1.54, 1.807) is 0 Å². The second-order valence-corrected chi connectivity index (χ2v) is 7.02. The molecular weight excluding hydrogens is 355 g/mol. The fraction of sp³-hybridized carbons (Fsp3) is 0.174. The summed E-state index contributed by atoms with van der Waals surface area (Å²) >= 11 is 4.32. The lowest BCUT2D eigenvalue weighted by molar-refractivity contribution is 0.529. The monoisotopic (exact) mass is 378 g/mol. The summed E-state index contributed by atoms with van der Waals surface area (Å²) in [4.78, 5) is 5.18. The summed E-state index contributed by atoms with van der Waals surface area (Å²) in [6, 6.07) is 25.1. The topological polar surface area (TPSA) is 24.4 Å². The van der Waals surface area contributed by atoms with Crippen molar-refractivity contribution in [3.05, 3.63) is 101 Å². The highest BCUT2D eigenvalue weighted by atomic mass is 32.1. The number of amidine groups is 1. The molecule has 0 atom stereocenters. The zero-order valence-corrected chi connectivity index (χ0v) is 16.4. The van der Waals surface area contributed by atoms with E-state index in [2.05, 4.69) is 54.1 Å². The Bertz CT molecular complexity index is 864. The lowest BCUT2D eigenvalue weighted by Gasteiger charge is -2.34. The minimum atomic E-state index is -0.528. The molecule has 0 aliphatic rings. The van der Waals surface area contributed by atoms with Crippen molar-refractivity contribution in [1.82, 2.24) is 5.32 Å². The van der Waals surface area contributed by atoms with Crippen molar-refractivity contribution in [2.24, 2.45) is 4.99 Å². The van der Waals surface area contributed by atoms with Crippen LogP contribution in [0.3, 0.4) is 0 Å². The van der Waals surface area contributed by atoms with Crippen LogP contribution in [-0.4, -0.2) is 12.4 Å². The molecule has 0 saturated carbocycles. The summed E-state index contributed by atoms with van der Waals surface area (Å²) in [5.74, 6) is 0.312. The van der Waals surface area contributed by atoms with Crippen molar-refractivity contribution < 1.29 is 4.39 Å². The first-order chi connectivity index (χ1) is 13.0. The van der Waals surface area contributed by atoms with Crippen LogP contribution in [0.25, 0.3) is 0 Å². The number of hydrogen-bond donors (Lipinski definition) is 2. The lowest BCUT2D eigenvalue weighted by Crippen LogP contribution is -2.45. The van der Waals surface area contributed by atoms with Gasteiger partial charge in [-0.25, -0.2) is 4.39 Å². The standard InChI is InChI=1S/C23H23FN2S/c1-3-25-22(17-14-20(24)16-21(27)15-17)26-23(2,18-10-6-4-7-11-18)19-12-8-5-9-13-19/h4-16,27H,3H2,1-2H3,(H,25,26). The van der Waals surface area contributed by atoms with Crippen LogP contribution in [0.2, 0.25) is 0 Å². The molecule has 3 rings (SSSR count). The molecule has 0 aliphatic carbocycles. The maximum absolute atomic E-state index is 14.0. The van der Waals surface area contributed by atoms with E-state index in [-0.39, 0.29) is 5.82 Å². The molecule has 3 aromatic carbocycles. The van der Waals surface area contributed by atoms with Gasteiger partial charge in [-0.1, -0.05) is 60.7 Å². The molecule has 0 fully saturated rings. The number of rotatable bonds is 5. The fourth-order valence-electron chi connectivity index (χ4n) is 3.16. The average Bonchev–Trinajstić information content (AvgIpc) is 2.68. The van der Waals surface area contributed by atoms with Gasteiger partial charge in [0.05, 0.1) is 5.54 Å². The highest BCUT2D eigenvalue weighted by Gasteiger charge is 2.30. The van der Waals surface area contributed by atoms with Crippen LogP contribution < -0.4 is 5.32 Å². The Kier molecular flexibility index (Phi) is 5.97. The zero-order chi connectivity index (χ0) is 19.3. The maximum atomic E-state index is 14.0. The van der Waals surface area contributed by atoms with E-state index in [0.29, 0.717) is 22.8 Å². The van der Waals surface area contributed by atoms with E-state index in [4.69, 9.17) is 0 Å². The van der Waals surface area contributed by atoms with E-state index in [1.165, 1.54) is 12.1 Å². The highest BCUT2D eigenvalue weighted by molar-refractivity contribution is 7.80. The van der Waals surface area contributed by atoms with Gasteiger partial charge in [-0.15, -0.1) is 12.6 Å². The average molecular weight is 379 g/mol. The maximum Gasteiger partial charge on any atom is 0.129 e. The Morgan fingerprint density at radius 2 is 1.52 bits per heavy atom. The molecule has 0 aliphatic heterocycles. The first-order valence-corrected chi connectivity index (χ1v) is 9.41. The molecule has 0 saturated heterocycles. The molecule has 0 bridgehead atoms. The quantitative estimate of drug-likeness (QED) is 0.345. The van der Waals surface area contributed by atoms with E-state index < -0.39 is 5.54 Å². The van der Waals surface area contributed by atoms with Gasteiger partial charge in [-0.3, -0.25) is 4.99 Å². The second kappa shape index (κ2) is 8.40. The Hall–Kier alpha value is -2.59. The Balaban J connectivity index is 2.11. The van der Waals surface area contributed by atoms with Crippen molar-refractivity contribution in [3.63, 3.8) is 0 Å². The molecule has 0 amide bonds. The summed E-state index contributed by atoms with van der Waals surface area (Å²) in [5.41, 5.74) is 2.35. The van der Waals surface area contributed by atoms with Crippen LogP contribution in [0.4, 0.5) is 4.39 Å². The third kappa shape index (κ3) is 4.40. The number of aliphatic imine (C=N–C) groups is 1. The molecule has 0 radical (unpaired) electrons. The van der Waals surface area contributed by atoms with Crippen LogP contribution in [0.1, 0.15) is 30.5 Å². The van der Waals surface area contributed by atoms with Crippen LogP contribution in [0, 0.1) is 5.82 Å². The van der Waals surface area contributed by atoms with Gasteiger partial charge in [0.15, 0.2) is 0 Å². The molecular formula is C23H23FN2S. The SMILES string of the molecule is CCN=C(NC(C)(c1ccccc1)c1ccccc1)c1cc(F)cc(S)c1. The first-order valence-electron chi connectivity index (χ1n) is 8.96. The molecule has 0 aromatic heterocycles. The van der Waals surface area contributed by atoms with Crippen molar-refractivity contribution >= 4 is 18.5 Å². The Labute approximate surface area is 165 Å². The summed E-state index contributed by atoms with van der Waals surface area (Å²) < 4.78 is 14.0. The second-order valence-electron chi connectivity index (χ2n) is 6.50. The molecule has 2 nitrogen and oxygen atoms in total. The fourth-order valence-corrected chi connectivity index (χ4v) is 3.43. The number of benzene rings is 3. The van der Waals surface area contributed by atoms with E-state index in [1.807, 2.05) is 49.4 Å². The molecule has 3 aromatic rings. The predicted octanol–water partition coefficient (Wildman–Crippen LogP) is 5.43. The number of hydrogen-bond acceptors (Lipinski definition) is 2. The van der Waals surface area contributed by atoms with Crippen molar-refractivity contribution in [1.29, 1.82) is 0 Å². The minimum absolute atomic E-state index is 0.329. The van der Waals surface area contributed by atoms with Gasteiger partial charge in [0.25, 0.3) is 0 Å². The van der Waals surface area contributed by atoms with Crippen molar-refractivity contribution in [2.75, 3.05) is 6.54 Å². The third-order valence-corrected chi connectivity index (χ3v) is 4.80. The molecule has 4 heteroatoms. The summed E-state index contributed by atoms with van der Waals surface area (Å²) in [5, 5.41) is 3.58. The molecule has 27 heavy (non-hydrogen) atoms. The molecule has 0 heterocycles. The van der Waals surface area contributed by atoms with Crippen LogP contribution >= 0.6 is 12.6 Å². The first kappa shape index (κ1) is 19.2. The summed E-state index contributed by atoms with van der Waals surface area (Å²) in [7, 11) is 0. The lowest BCUT2D eigenvalue weighted by atomic mass is 9.84. The summed E-state index contributed by atoms with van der Waals surface area (Å²) in [6.45, 7) is 4.66. The highest BCUT2D eigenvalue weighted by Crippen LogP contribution is 2.30. The zero-order valence-electron chi connectivity index (χ0n) is 15.5. The van der Waals surface area contributed by atoms with E-state index in [9.17, 15) is 4.39 Å². The Morgan fingerprint density at radius 3 is 2.00 bits per heavy atom. The summed E-state index contributed by atoms with van der Waals surface area (Å²) in [6.07, 6.45) is 0. The van der Waals surface area contributed by atoms with E-state index >= 15 is 0 Å². The van der Waals surface area contributed by atoms with Gasteiger partial charge in [0.2, 0.25) is 0 Å². The predicted molar refractivity (Wildman–Crippen MR) is 113 cm³/mol. The molecule has 0 spiro atoms. The van der Waals surface area contributed by atoms with Crippen LogP contribution in [-0.2, 0) is 5.54 Å². The number of thiol groups is 1. The number of halogens is 1. The minimum Gasteiger partial charge on any atom is -0.357 e. The normalized spacial score (nSPS) is 12.1. The molecule has 138 valence electrons. The van der Waals surface area contributed by atoms with Gasteiger partial charge in [0.1, 0.15) is 11.7 Å². The van der Waals surface area contributed by atoms with Gasteiger partial charge in [-0.05, 0) is 43.2 Å². The molecule has 1 N–H and O–H groups in total. The van der Waals surface area contributed by atoms with E-state index in [0.717, 1.165) is 11.1 Å². The third-order valence-electron chi connectivity index (χ3n) is 4.54. The smallest absolute Gasteiger partial charge is 0.129 e. The largest absolute Gasteiger partial charge is 0.357 e. The van der Waals surface area contributed by atoms with Crippen LogP contribution in [0.5, 0.6) is 0 Å². The Morgan fingerprint density at radius 1 is 0.963 bits per heavy atom. The van der Waals surface area contributed by atoms with Gasteiger partial charge < -0.3 is 5.32 Å².